The number of para-hydroxylation sites is 1. The number of esters is 1. The van der Waals surface area contributed by atoms with Crippen molar-refractivity contribution in [3.63, 3.8) is 0 Å². The molecule has 18 heavy (non-hydrogen) atoms. The summed E-state index contributed by atoms with van der Waals surface area (Å²) >= 11 is 0. The van der Waals surface area contributed by atoms with Gasteiger partial charge in [0, 0.05) is 0 Å². The van der Waals surface area contributed by atoms with Gasteiger partial charge in [-0.2, -0.15) is 0 Å². The first-order valence-electron chi connectivity index (χ1n) is 5.22. The highest BCUT2D eigenvalue weighted by Gasteiger charge is 2.21. The van der Waals surface area contributed by atoms with E-state index in [2.05, 4.69) is 0 Å². The van der Waals surface area contributed by atoms with E-state index in [0.717, 1.165) is 0 Å². The minimum atomic E-state index is -1.01. The zero-order valence-electron chi connectivity index (χ0n) is 10.4. The summed E-state index contributed by atoms with van der Waals surface area (Å²) in [5, 5.41) is 0. The molecule has 0 saturated carbocycles. The Morgan fingerprint density at radius 3 is 2.39 bits per heavy atom. The predicted octanol–water partition coefficient (Wildman–Crippen LogP) is 0.734. The Bertz CT molecular complexity index is 458. The van der Waals surface area contributed by atoms with Gasteiger partial charge in [-0.3, -0.25) is 4.79 Å². The minimum Gasteiger partial charge on any atom is -0.493 e. The lowest BCUT2D eigenvalue weighted by atomic mass is 10.2. The number of hydrogen-bond donors (Lipinski definition) is 1. The van der Waals surface area contributed by atoms with Gasteiger partial charge in [-0.1, -0.05) is 6.07 Å². The first-order chi connectivity index (χ1) is 8.51. The van der Waals surface area contributed by atoms with Gasteiger partial charge in [-0.25, -0.2) is 4.79 Å². The topological polar surface area (TPSA) is 87.9 Å². The molecular weight excluding hydrogens is 238 g/mol. The maximum atomic E-state index is 11.8. The van der Waals surface area contributed by atoms with Gasteiger partial charge in [0.15, 0.2) is 17.6 Å². The van der Waals surface area contributed by atoms with Crippen LogP contribution in [0.5, 0.6) is 11.5 Å². The van der Waals surface area contributed by atoms with Gasteiger partial charge in [0.05, 0.1) is 14.2 Å². The Labute approximate surface area is 105 Å². The highest BCUT2D eigenvalue weighted by Crippen LogP contribution is 2.31. The summed E-state index contributed by atoms with van der Waals surface area (Å²) in [4.78, 5) is 22.7. The monoisotopic (exact) mass is 253 g/mol. The summed E-state index contributed by atoms with van der Waals surface area (Å²) in [6.07, 6.45) is -1.01. The summed E-state index contributed by atoms with van der Waals surface area (Å²) < 4.78 is 15.0. The highest BCUT2D eigenvalue weighted by molar-refractivity contribution is 5.95. The number of benzene rings is 1. The molecule has 98 valence electrons. The number of methoxy groups -OCH3 is 2. The van der Waals surface area contributed by atoms with Crippen molar-refractivity contribution in [2.45, 2.75) is 13.0 Å². The lowest BCUT2D eigenvalue weighted by Gasteiger charge is -2.13. The standard InChI is InChI=1S/C12H15NO5/c1-7(11(13)14)18-12(15)8-5-4-6-9(16-2)10(8)17-3/h4-7H,1-3H3,(H2,13,14)/t7-/m0/s1. The molecule has 0 radical (unpaired) electrons. The summed E-state index contributed by atoms with van der Waals surface area (Å²) in [5.41, 5.74) is 5.19. The van der Waals surface area contributed by atoms with E-state index >= 15 is 0 Å². The Hall–Kier alpha value is -2.24. The smallest absolute Gasteiger partial charge is 0.342 e. The van der Waals surface area contributed by atoms with Crippen molar-refractivity contribution in [3.8, 4) is 11.5 Å². The van der Waals surface area contributed by atoms with Crippen LogP contribution in [-0.4, -0.2) is 32.2 Å². The zero-order chi connectivity index (χ0) is 13.7. The SMILES string of the molecule is COc1cccc(C(=O)O[C@@H](C)C(N)=O)c1OC. The second-order valence-electron chi connectivity index (χ2n) is 3.49. The molecule has 1 atom stereocenters. The van der Waals surface area contributed by atoms with E-state index in [1.165, 1.54) is 27.2 Å². The van der Waals surface area contributed by atoms with E-state index in [4.69, 9.17) is 19.9 Å². The number of carbonyl (C=O) groups excluding carboxylic acids is 2. The van der Waals surface area contributed by atoms with Crippen molar-refractivity contribution in [3.05, 3.63) is 23.8 Å². The van der Waals surface area contributed by atoms with Gasteiger partial charge in [0.2, 0.25) is 0 Å². The average Bonchev–Trinajstić information content (AvgIpc) is 2.37. The molecule has 0 aliphatic heterocycles. The number of rotatable bonds is 5. The van der Waals surface area contributed by atoms with Crippen molar-refractivity contribution in [1.82, 2.24) is 0 Å². The van der Waals surface area contributed by atoms with Gasteiger partial charge in [-0.05, 0) is 19.1 Å². The average molecular weight is 253 g/mol. The molecule has 0 heterocycles. The first kappa shape index (κ1) is 13.8. The van der Waals surface area contributed by atoms with E-state index in [1.54, 1.807) is 12.1 Å². The second-order valence-corrected chi connectivity index (χ2v) is 3.49. The number of hydrogen-bond acceptors (Lipinski definition) is 5. The molecule has 0 unspecified atom stereocenters. The van der Waals surface area contributed by atoms with Crippen LogP contribution >= 0.6 is 0 Å². The van der Waals surface area contributed by atoms with E-state index in [9.17, 15) is 9.59 Å². The fraction of sp³-hybridized carbons (Fsp3) is 0.333. The first-order valence-corrected chi connectivity index (χ1v) is 5.22. The lowest BCUT2D eigenvalue weighted by molar-refractivity contribution is -0.125. The third-order valence-corrected chi connectivity index (χ3v) is 2.31. The summed E-state index contributed by atoms with van der Waals surface area (Å²) in [5.74, 6) is -0.761. The van der Waals surface area contributed by atoms with Crippen molar-refractivity contribution in [2.75, 3.05) is 14.2 Å². The normalized spacial score (nSPS) is 11.5. The molecule has 1 amide bonds. The van der Waals surface area contributed by atoms with E-state index < -0.39 is 18.0 Å². The highest BCUT2D eigenvalue weighted by atomic mass is 16.6. The van der Waals surface area contributed by atoms with Gasteiger partial charge >= 0.3 is 5.97 Å². The van der Waals surface area contributed by atoms with Crippen LogP contribution in [0.15, 0.2) is 18.2 Å². The number of amides is 1. The maximum Gasteiger partial charge on any atom is 0.342 e. The predicted molar refractivity (Wildman–Crippen MR) is 63.6 cm³/mol. The number of primary amides is 1. The minimum absolute atomic E-state index is 0.171. The van der Waals surface area contributed by atoms with E-state index in [1.807, 2.05) is 0 Å². The van der Waals surface area contributed by atoms with Crippen molar-refractivity contribution in [2.24, 2.45) is 5.73 Å². The molecule has 0 spiro atoms. The van der Waals surface area contributed by atoms with Crippen LogP contribution in [-0.2, 0) is 9.53 Å². The molecule has 1 aromatic rings. The number of carbonyl (C=O) groups is 2. The molecule has 0 saturated heterocycles. The number of nitrogens with two attached hydrogens (primary N) is 1. The van der Waals surface area contributed by atoms with Crippen molar-refractivity contribution >= 4 is 11.9 Å². The molecule has 0 aromatic heterocycles. The molecular formula is C12H15NO5. The van der Waals surface area contributed by atoms with Gasteiger partial charge in [-0.15, -0.1) is 0 Å². The van der Waals surface area contributed by atoms with Crippen molar-refractivity contribution < 1.29 is 23.8 Å². The van der Waals surface area contributed by atoms with Crippen LogP contribution in [0.2, 0.25) is 0 Å². The fourth-order valence-electron chi connectivity index (χ4n) is 1.33. The third-order valence-electron chi connectivity index (χ3n) is 2.31. The van der Waals surface area contributed by atoms with Gasteiger partial charge < -0.3 is 19.9 Å². The maximum absolute atomic E-state index is 11.8. The molecule has 6 nitrogen and oxygen atoms in total. The Morgan fingerprint density at radius 2 is 1.89 bits per heavy atom. The lowest BCUT2D eigenvalue weighted by Crippen LogP contribution is -2.30. The Kier molecular flexibility index (Phi) is 4.53. The quantitative estimate of drug-likeness (QED) is 0.782. The number of ether oxygens (including phenoxy) is 3. The Morgan fingerprint density at radius 1 is 1.22 bits per heavy atom. The molecule has 1 rings (SSSR count). The zero-order valence-corrected chi connectivity index (χ0v) is 10.4. The van der Waals surface area contributed by atoms with Crippen LogP contribution in [0.1, 0.15) is 17.3 Å². The van der Waals surface area contributed by atoms with Gasteiger partial charge in [0.1, 0.15) is 5.56 Å². The molecule has 0 fully saturated rings. The summed E-state index contributed by atoms with van der Waals surface area (Å²) in [7, 11) is 2.87. The van der Waals surface area contributed by atoms with Crippen LogP contribution in [0.3, 0.4) is 0 Å². The third kappa shape index (κ3) is 2.91. The molecule has 6 heteroatoms. The fourth-order valence-corrected chi connectivity index (χ4v) is 1.33. The van der Waals surface area contributed by atoms with Gasteiger partial charge in [0.25, 0.3) is 5.91 Å². The molecule has 2 N–H and O–H groups in total. The Balaban J connectivity index is 3.02. The van der Waals surface area contributed by atoms with Crippen molar-refractivity contribution in [1.29, 1.82) is 0 Å². The summed E-state index contributed by atoms with van der Waals surface area (Å²) in [6, 6.07) is 4.78. The van der Waals surface area contributed by atoms with E-state index in [0.29, 0.717) is 5.75 Å². The molecule has 0 bridgehead atoms. The van der Waals surface area contributed by atoms with Crippen LogP contribution in [0, 0.1) is 0 Å². The largest absolute Gasteiger partial charge is 0.493 e. The summed E-state index contributed by atoms with van der Waals surface area (Å²) in [6.45, 7) is 1.40. The van der Waals surface area contributed by atoms with Crippen LogP contribution < -0.4 is 15.2 Å². The molecule has 1 aromatic carbocycles. The molecule has 0 aliphatic carbocycles. The second kappa shape index (κ2) is 5.90. The van der Waals surface area contributed by atoms with E-state index in [-0.39, 0.29) is 11.3 Å². The molecule has 0 aliphatic rings. The van der Waals surface area contributed by atoms with Crippen LogP contribution in [0.25, 0.3) is 0 Å². The van der Waals surface area contributed by atoms with Crippen LogP contribution in [0.4, 0.5) is 0 Å².